The number of likely N-dealkylation sites (N-methyl/N-ethyl adjacent to an activating group) is 1. The molecule has 1 aromatic rings. The zero-order chi connectivity index (χ0) is 16.4. The van der Waals surface area contributed by atoms with Crippen molar-refractivity contribution in [3.63, 3.8) is 0 Å². The highest BCUT2D eigenvalue weighted by Gasteiger charge is 2.39. The van der Waals surface area contributed by atoms with Crippen LogP contribution in [0.3, 0.4) is 0 Å². The molecule has 0 spiro atoms. The molecule has 0 N–H and O–H groups in total. The number of rotatable bonds is 5. The number of likely N-dealkylation sites (tertiary alicyclic amines) is 1. The summed E-state index contributed by atoms with van der Waals surface area (Å²) in [7, 11) is 1.85. The molecule has 6 heteroatoms. The summed E-state index contributed by atoms with van der Waals surface area (Å²) < 4.78 is 0. The Morgan fingerprint density at radius 2 is 2.17 bits per heavy atom. The van der Waals surface area contributed by atoms with E-state index < -0.39 is 0 Å². The summed E-state index contributed by atoms with van der Waals surface area (Å²) in [5, 5.41) is 0. The van der Waals surface area contributed by atoms with E-state index in [9.17, 15) is 9.59 Å². The number of hydrogen-bond acceptors (Lipinski definition) is 4. The van der Waals surface area contributed by atoms with E-state index in [1.165, 1.54) is 17.7 Å². The van der Waals surface area contributed by atoms with Crippen molar-refractivity contribution in [1.29, 1.82) is 0 Å². The number of nitrogens with zero attached hydrogens (tertiary/aromatic N) is 3. The molecule has 1 unspecified atom stereocenters. The van der Waals surface area contributed by atoms with Gasteiger partial charge in [-0.3, -0.25) is 9.59 Å². The number of aromatic nitrogens is 1. The summed E-state index contributed by atoms with van der Waals surface area (Å²) in [6, 6.07) is 0.380. The average molecular weight is 335 g/mol. The van der Waals surface area contributed by atoms with Crippen LogP contribution in [-0.4, -0.2) is 52.8 Å². The Labute approximate surface area is 141 Å². The standard InChI is InChI=1S/C17H25N3O2S/c1-12-15(23-11-18-12)7-8-19(2)17(22)13-9-16(21)20(10-13)14-5-3-4-6-14/h11,13-14H,3-10H2,1-2H3. The SMILES string of the molecule is Cc1ncsc1CCN(C)C(=O)C1CC(=O)N(C2CCCC2)C1. The third-order valence-corrected chi connectivity index (χ3v) is 6.16. The molecule has 1 aromatic heterocycles. The quantitative estimate of drug-likeness (QED) is 0.829. The van der Waals surface area contributed by atoms with Crippen LogP contribution in [0, 0.1) is 12.8 Å². The molecule has 1 atom stereocenters. The molecule has 1 aliphatic heterocycles. The van der Waals surface area contributed by atoms with Crippen LogP contribution in [0.1, 0.15) is 42.7 Å². The second kappa shape index (κ2) is 6.99. The van der Waals surface area contributed by atoms with Gasteiger partial charge < -0.3 is 9.80 Å². The lowest BCUT2D eigenvalue weighted by Crippen LogP contribution is -2.38. The zero-order valence-electron chi connectivity index (χ0n) is 14.0. The van der Waals surface area contributed by atoms with Gasteiger partial charge in [0.25, 0.3) is 0 Å². The van der Waals surface area contributed by atoms with Crippen molar-refractivity contribution in [3.8, 4) is 0 Å². The van der Waals surface area contributed by atoms with Gasteiger partial charge >= 0.3 is 0 Å². The predicted octanol–water partition coefficient (Wildman–Crippen LogP) is 2.24. The lowest BCUT2D eigenvalue weighted by molar-refractivity contribution is -0.134. The van der Waals surface area contributed by atoms with Gasteiger partial charge in [0.2, 0.25) is 11.8 Å². The van der Waals surface area contributed by atoms with Crippen LogP contribution >= 0.6 is 11.3 Å². The van der Waals surface area contributed by atoms with Crippen molar-refractivity contribution in [2.24, 2.45) is 5.92 Å². The van der Waals surface area contributed by atoms with E-state index in [0.29, 0.717) is 25.6 Å². The fourth-order valence-corrected chi connectivity index (χ4v) is 4.49. The Kier molecular flexibility index (Phi) is 4.99. The van der Waals surface area contributed by atoms with Gasteiger partial charge in [-0.05, 0) is 19.8 Å². The van der Waals surface area contributed by atoms with Crippen LogP contribution in [0.5, 0.6) is 0 Å². The fraction of sp³-hybridized carbons (Fsp3) is 0.706. The monoisotopic (exact) mass is 335 g/mol. The normalized spacial score (nSPS) is 22.1. The third-order valence-electron chi connectivity index (χ3n) is 5.17. The van der Waals surface area contributed by atoms with Gasteiger partial charge in [0.15, 0.2) is 0 Å². The Morgan fingerprint density at radius 1 is 1.43 bits per heavy atom. The number of hydrogen-bond donors (Lipinski definition) is 0. The minimum atomic E-state index is -0.157. The van der Waals surface area contributed by atoms with Gasteiger partial charge in [0.05, 0.1) is 17.1 Å². The summed E-state index contributed by atoms with van der Waals surface area (Å²) in [5.74, 6) is 0.124. The first-order valence-electron chi connectivity index (χ1n) is 8.49. The maximum Gasteiger partial charge on any atom is 0.227 e. The molecule has 2 aliphatic rings. The molecule has 1 saturated carbocycles. The molecular weight excluding hydrogens is 310 g/mol. The minimum absolute atomic E-state index is 0.112. The van der Waals surface area contributed by atoms with Crippen molar-refractivity contribution >= 4 is 23.2 Å². The predicted molar refractivity (Wildman–Crippen MR) is 90.3 cm³/mol. The largest absolute Gasteiger partial charge is 0.345 e. The molecule has 0 radical (unpaired) electrons. The summed E-state index contributed by atoms with van der Waals surface area (Å²) in [4.78, 5) is 34.1. The number of carbonyl (C=O) groups excluding carboxylic acids is 2. The van der Waals surface area contributed by atoms with E-state index in [4.69, 9.17) is 0 Å². The Morgan fingerprint density at radius 3 is 2.83 bits per heavy atom. The first-order chi connectivity index (χ1) is 11.1. The molecule has 2 fully saturated rings. The lowest BCUT2D eigenvalue weighted by Gasteiger charge is -2.25. The van der Waals surface area contributed by atoms with Crippen LogP contribution < -0.4 is 0 Å². The molecule has 1 saturated heterocycles. The molecule has 2 heterocycles. The first kappa shape index (κ1) is 16.4. The maximum atomic E-state index is 12.6. The van der Waals surface area contributed by atoms with E-state index in [0.717, 1.165) is 25.0 Å². The van der Waals surface area contributed by atoms with Crippen molar-refractivity contribution < 1.29 is 9.59 Å². The minimum Gasteiger partial charge on any atom is -0.345 e. The highest BCUT2D eigenvalue weighted by molar-refractivity contribution is 7.09. The van der Waals surface area contributed by atoms with Gasteiger partial charge in [0.1, 0.15) is 0 Å². The lowest BCUT2D eigenvalue weighted by atomic mass is 10.1. The average Bonchev–Trinajstić information content (AvgIpc) is 3.25. The van der Waals surface area contributed by atoms with Crippen LogP contribution in [0.25, 0.3) is 0 Å². The third kappa shape index (κ3) is 3.57. The molecule has 1 aliphatic carbocycles. The van der Waals surface area contributed by atoms with Crippen molar-refractivity contribution in [3.05, 3.63) is 16.1 Å². The summed E-state index contributed by atoms with van der Waals surface area (Å²) in [6.07, 6.45) is 5.85. The number of amides is 2. The van der Waals surface area contributed by atoms with Crippen molar-refractivity contribution in [2.75, 3.05) is 20.1 Å². The Balaban J connectivity index is 1.53. The van der Waals surface area contributed by atoms with Gasteiger partial charge in [-0.15, -0.1) is 11.3 Å². The van der Waals surface area contributed by atoms with Crippen LogP contribution in [0.15, 0.2) is 5.51 Å². The van der Waals surface area contributed by atoms with Gasteiger partial charge in [-0.25, -0.2) is 4.98 Å². The van der Waals surface area contributed by atoms with E-state index >= 15 is 0 Å². The van der Waals surface area contributed by atoms with Gasteiger partial charge in [0, 0.05) is 43.9 Å². The Hall–Kier alpha value is -1.43. The summed E-state index contributed by atoms with van der Waals surface area (Å²) >= 11 is 1.64. The summed E-state index contributed by atoms with van der Waals surface area (Å²) in [5.41, 5.74) is 2.90. The molecule has 0 aromatic carbocycles. The van der Waals surface area contributed by atoms with Crippen LogP contribution in [-0.2, 0) is 16.0 Å². The second-order valence-electron chi connectivity index (χ2n) is 6.76. The molecular formula is C17H25N3O2S. The Bertz CT molecular complexity index is 580. The molecule has 3 rings (SSSR count). The van der Waals surface area contributed by atoms with Gasteiger partial charge in [-0.2, -0.15) is 0 Å². The van der Waals surface area contributed by atoms with Crippen molar-refractivity contribution in [2.45, 2.75) is 51.5 Å². The molecule has 23 heavy (non-hydrogen) atoms. The topological polar surface area (TPSA) is 53.5 Å². The van der Waals surface area contributed by atoms with Crippen LogP contribution in [0.4, 0.5) is 0 Å². The smallest absolute Gasteiger partial charge is 0.227 e. The van der Waals surface area contributed by atoms with E-state index in [1.807, 2.05) is 24.4 Å². The van der Waals surface area contributed by atoms with E-state index in [2.05, 4.69) is 4.98 Å². The van der Waals surface area contributed by atoms with E-state index in [1.54, 1.807) is 16.2 Å². The molecule has 5 nitrogen and oxygen atoms in total. The highest BCUT2D eigenvalue weighted by Crippen LogP contribution is 2.30. The second-order valence-corrected chi connectivity index (χ2v) is 7.70. The van der Waals surface area contributed by atoms with Crippen LogP contribution in [0.2, 0.25) is 0 Å². The number of carbonyl (C=O) groups is 2. The molecule has 126 valence electrons. The van der Waals surface area contributed by atoms with Gasteiger partial charge in [-0.1, -0.05) is 12.8 Å². The summed E-state index contributed by atoms with van der Waals surface area (Å²) in [6.45, 7) is 3.31. The van der Waals surface area contributed by atoms with E-state index in [-0.39, 0.29) is 17.7 Å². The maximum absolute atomic E-state index is 12.6. The molecule has 2 amide bonds. The zero-order valence-corrected chi connectivity index (χ0v) is 14.8. The van der Waals surface area contributed by atoms with Crippen molar-refractivity contribution in [1.82, 2.24) is 14.8 Å². The molecule has 0 bridgehead atoms. The number of thiazole rings is 1. The first-order valence-corrected chi connectivity index (χ1v) is 9.37. The fourth-order valence-electron chi connectivity index (χ4n) is 3.72. The number of aryl methyl sites for hydroxylation is 1. The highest BCUT2D eigenvalue weighted by atomic mass is 32.1.